The molecule has 126 valence electrons. The SMILES string of the molecule is COc1ccccc1[C@H]1C[C@@H]1C(=O)Nc1cccnc1-n1cccn1. The van der Waals surface area contributed by atoms with Crippen molar-refractivity contribution < 1.29 is 9.53 Å². The van der Waals surface area contributed by atoms with Crippen molar-refractivity contribution in [2.24, 2.45) is 5.92 Å². The highest BCUT2D eigenvalue weighted by molar-refractivity contribution is 5.96. The van der Waals surface area contributed by atoms with E-state index >= 15 is 0 Å². The minimum Gasteiger partial charge on any atom is -0.496 e. The first-order valence-corrected chi connectivity index (χ1v) is 8.16. The number of para-hydroxylation sites is 1. The summed E-state index contributed by atoms with van der Waals surface area (Å²) in [6, 6.07) is 13.3. The maximum Gasteiger partial charge on any atom is 0.228 e. The van der Waals surface area contributed by atoms with Gasteiger partial charge in [-0.15, -0.1) is 0 Å². The van der Waals surface area contributed by atoms with E-state index in [0.29, 0.717) is 11.5 Å². The summed E-state index contributed by atoms with van der Waals surface area (Å²) >= 11 is 0. The van der Waals surface area contributed by atoms with Gasteiger partial charge in [-0.2, -0.15) is 5.10 Å². The molecule has 2 heterocycles. The molecule has 3 aromatic rings. The van der Waals surface area contributed by atoms with Gasteiger partial charge >= 0.3 is 0 Å². The second-order valence-corrected chi connectivity index (χ2v) is 6.01. The third kappa shape index (κ3) is 2.98. The molecule has 6 heteroatoms. The van der Waals surface area contributed by atoms with Gasteiger partial charge in [-0.05, 0) is 42.2 Å². The summed E-state index contributed by atoms with van der Waals surface area (Å²) in [6.07, 6.45) is 5.98. The Bertz CT molecular complexity index is 892. The normalized spacial score (nSPS) is 18.6. The summed E-state index contributed by atoms with van der Waals surface area (Å²) in [7, 11) is 1.66. The molecule has 0 unspecified atom stereocenters. The van der Waals surface area contributed by atoms with Crippen LogP contribution >= 0.6 is 0 Å². The molecule has 2 atom stereocenters. The predicted octanol–water partition coefficient (Wildman–Crippen LogP) is 3.02. The summed E-state index contributed by atoms with van der Waals surface area (Å²) in [5, 5.41) is 7.18. The van der Waals surface area contributed by atoms with Gasteiger partial charge in [-0.25, -0.2) is 9.67 Å². The van der Waals surface area contributed by atoms with Gasteiger partial charge in [0.1, 0.15) is 5.75 Å². The van der Waals surface area contributed by atoms with Crippen LogP contribution in [0.1, 0.15) is 17.9 Å². The maximum absolute atomic E-state index is 12.7. The number of anilines is 1. The lowest BCUT2D eigenvalue weighted by atomic mass is 10.1. The molecular formula is C19H18N4O2. The van der Waals surface area contributed by atoms with E-state index in [9.17, 15) is 4.79 Å². The molecule has 0 radical (unpaired) electrons. The van der Waals surface area contributed by atoms with Gasteiger partial charge in [0.15, 0.2) is 5.82 Å². The van der Waals surface area contributed by atoms with E-state index in [1.807, 2.05) is 36.4 Å². The molecule has 1 aromatic carbocycles. The lowest BCUT2D eigenvalue weighted by Crippen LogP contribution is -2.17. The molecule has 6 nitrogen and oxygen atoms in total. The summed E-state index contributed by atoms with van der Waals surface area (Å²) in [6.45, 7) is 0. The quantitative estimate of drug-likeness (QED) is 0.779. The van der Waals surface area contributed by atoms with Crippen LogP contribution in [0.15, 0.2) is 61.1 Å². The smallest absolute Gasteiger partial charge is 0.228 e. The van der Waals surface area contributed by atoms with E-state index in [4.69, 9.17) is 4.74 Å². The molecule has 1 amide bonds. The third-order valence-electron chi connectivity index (χ3n) is 4.43. The van der Waals surface area contributed by atoms with Gasteiger partial charge in [-0.1, -0.05) is 18.2 Å². The molecule has 0 spiro atoms. The van der Waals surface area contributed by atoms with E-state index in [2.05, 4.69) is 15.4 Å². The minimum atomic E-state index is -0.0537. The van der Waals surface area contributed by atoms with Crippen LogP contribution in [0.25, 0.3) is 5.82 Å². The van der Waals surface area contributed by atoms with Crippen molar-refractivity contribution >= 4 is 11.6 Å². The summed E-state index contributed by atoms with van der Waals surface area (Å²) in [5.41, 5.74) is 1.74. The minimum absolute atomic E-state index is 0.00249. The molecule has 0 saturated heterocycles. The molecule has 1 aliphatic rings. The van der Waals surface area contributed by atoms with Crippen molar-refractivity contribution in [2.75, 3.05) is 12.4 Å². The second kappa shape index (κ2) is 6.39. The van der Waals surface area contributed by atoms with Crippen LogP contribution in [-0.4, -0.2) is 27.8 Å². The Kier molecular flexibility index (Phi) is 3.93. The Labute approximate surface area is 145 Å². The topological polar surface area (TPSA) is 69.0 Å². The standard InChI is InChI=1S/C19H18N4O2/c1-25-17-8-3-2-6-13(17)14-12-15(14)19(24)22-16-7-4-9-20-18(16)23-11-5-10-21-23/h2-11,14-15H,12H2,1H3,(H,22,24)/t14-,15+/m1/s1. The molecule has 1 fully saturated rings. The number of nitrogens with one attached hydrogen (secondary N) is 1. The van der Waals surface area contributed by atoms with Crippen LogP contribution in [-0.2, 0) is 4.79 Å². The maximum atomic E-state index is 12.7. The van der Waals surface area contributed by atoms with Gasteiger partial charge in [0.25, 0.3) is 0 Å². The van der Waals surface area contributed by atoms with Crippen molar-refractivity contribution in [3.8, 4) is 11.6 Å². The number of carbonyl (C=O) groups is 1. The first-order valence-electron chi connectivity index (χ1n) is 8.16. The first kappa shape index (κ1) is 15.4. The molecule has 1 N–H and O–H groups in total. The number of amides is 1. The van der Waals surface area contributed by atoms with Gasteiger partial charge < -0.3 is 10.1 Å². The van der Waals surface area contributed by atoms with E-state index < -0.39 is 0 Å². The van der Waals surface area contributed by atoms with Crippen molar-refractivity contribution in [2.45, 2.75) is 12.3 Å². The van der Waals surface area contributed by atoms with E-state index in [-0.39, 0.29) is 17.7 Å². The molecule has 0 aliphatic heterocycles. The average molecular weight is 334 g/mol. The number of methoxy groups -OCH3 is 1. The fourth-order valence-electron chi connectivity index (χ4n) is 3.10. The summed E-state index contributed by atoms with van der Waals surface area (Å²) < 4.78 is 7.05. The fraction of sp³-hybridized carbons (Fsp3) is 0.211. The number of nitrogens with zero attached hydrogens (tertiary/aromatic N) is 3. The number of benzene rings is 1. The van der Waals surface area contributed by atoms with Crippen molar-refractivity contribution in [3.05, 3.63) is 66.6 Å². The lowest BCUT2D eigenvalue weighted by molar-refractivity contribution is -0.117. The Hall–Kier alpha value is -3.15. The monoisotopic (exact) mass is 334 g/mol. The van der Waals surface area contributed by atoms with E-state index in [0.717, 1.165) is 17.7 Å². The fourth-order valence-corrected chi connectivity index (χ4v) is 3.10. The van der Waals surface area contributed by atoms with Crippen LogP contribution in [0.3, 0.4) is 0 Å². The molecule has 0 bridgehead atoms. The molecule has 2 aromatic heterocycles. The highest BCUT2D eigenvalue weighted by Gasteiger charge is 2.45. The number of hydrogen-bond donors (Lipinski definition) is 1. The van der Waals surface area contributed by atoms with Crippen molar-refractivity contribution in [1.29, 1.82) is 0 Å². The largest absolute Gasteiger partial charge is 0.496 e. The zero-order valence-electron chi connectivity index (χ0n) is 13.8. The summed E-state index contributed by atoms with van der Waals surface area (Å²) in [5.74, 6) is 1.58. The predicted molar refractivity (Wildman–Crippen MR) is 93.8 cm³/mol. The molecule has 4 rings (SSSR count). The number of rotatable bonds is 5. The Morgan fingerprint density at radius 3 is 2.88 bits per heavy atom. The highest BCUT2D eigenvalue weighted by Crippen LogP contribution is 2.50. The van der Waals surface area contributed by atoms with E-state index in [1.54, 1.807) is 36.4 Å². The van der Waals surface area contributed by atoms with Gasteiger partial charge in [0.05, 0.1) is 12.8 Å². The number of hydrogen-bond acceptors (Lipinski definition) is 4. The van der Waals surface area contributed by atoms with E-state index in [1.165, 1.54) is 0 Å². The van der Waals surface area contributed by atoms with Gasteiger partial charge in [0, 0.05) is 24.5 Å². The second-order valence-electron chi connectivity index (χ2n) is 6.01. The van der Waals surface area contributed by atoms with Crippen LogP contribution in [0.4, 0.5) is 5.69 Å². The van der Waals surface area contributed by atoms with Gasteiger partial charge in [-0.3, -0.25) is 4.79 Å². The number of pyridine rings is 1. The third-order valence-corrected chi connectivity index (χ3v) is 4.43. The number of carbonyl (C=O) groups excluding carboxylic acids is 1. The molecule has 1 saturated carbocycles. The molecule has 25 heavy (non-hydrogen) atoms. The zero-order valence-corrected chi connectivity index (χ0v) is 13.8. The zero-order chi connectivity index (χ0) is 17.2. The van der Waals surface area contributed by atoms with Gasteiger partial charge in [0.2, 0.25) is 5.91 Å². The Morgan fingerprint density at radius 1 is 1.20 bits per heavy atom. The van der Waals surface area contributed by atoms with Crippen LogP contribution in [0.2, 0.25) is 0 Å². The number of aromatic nitrogens is 3. The van der Waals surface area contributed by atoms with Crippen LogP contribution in [0.5, 0.6) is 5.75 Å². The average Bonchev–Trinajstić information content (AvgIpc) is 3.27. The first-order chi connectivity index (χ1) is 12.3. The highest BCUT2D eigenvalue weighted by atomic mass is 16.5. The lowest BCUT2D eigenvalue weighted by Gasteiger charge is -2.10. The van der Waals surface area contributed by atoms with Crippen molar-refractivity contribution in [1.82, 2.24) is 14.8 Å². The Balaban J connectivity index is 1.51. The Morgan fingerprint density at radius 2 is 2.08 bits per heavy atom. The summed E-state index contributed by atoms with van der Waals surface area (Å²) in [4.78, 5) is 17.0. The van der Waals surface area contributed by atoms with Crippen LogP contribution in [0, 0.1) is 5.92 Å². The molecule has 1 aliphatic carbocycles. The molecular weight excluding hydrogens is 316 g/mol. The van der Waals surface area contributed by atoms with Crippen LogP contribution < -0.4 is 10.1 Å². The number of ether oxygens (including phenoxy) is 1. The van der Waals surface area contributed by atoms with Crippen molar-refractivity contribution in [3.63, 3.8) is 0 Å².